The van der Waals surface area contributed by atoms with E-state index in [1.807, 2.05) is 18.2 Å². The number of thiophene rings is 1. The van der Waals surface area contributed by atoms with Crippen LogP contribution in [-0.2, 0) is 17.6 Å². The van der Waals surface area contributed by atoms with Gasteiger partial charge in [-0.15, -0.1) is 11.3 Å². The number of nitrogens with one attached hydrogen (secondary N) is 2. The molecular weight excluding hydrogens is 392 g/mol. The predicted molar refractivity (Wildman–Crippen MR) is 121 cm³/mol. The van der Waals surface area contributed by atoms with Crippen molar-refractivity contribution in [1.82, 2.24) is 10.3 Å². The van der Waals surface area contributed by atoms with Crippen molar-refractivity contribution in [2.45, 2.75) is 25.2 Å². The van der Waals surface area contributed by atoms with E-state index in [1.165, 1.54) is 33.4 Å². The van der Waals surface area contributed by atoms with Crippen molar-refractivity contribution in [2.75, 3.05) is 13.2 Å². The molecule has 4 nitrogen and oxygen atoms in total. The number of benzene rings is 2. The third-order valence-electron chi connectivity index (χ3n) is 5.83. The highest BCUT2D eigenvalue weighted by Crippen LogP contribution is 2.33. The van der Waals surface area contributed by atoms with Crippen molar-refractivity contribution in [1.29, 1.82) is 0 Å². The number of aromatic nitrogens is 1. The van der Waals surface area contributed by atoms with Crippen molar-refractivity contribution < 1.29 is 9.53 Å². The van der Waals surface area contributed by atoms with Crippen LogP contribution in [0.4, 0.5) is 0 Å². The summed E-state index contributed by atoms with van der Waals surface area (Å²) in [5, 5.41) is 6.35. The lowest BCUT2D eigenvalue weighted by Crippen LogP contribution is -2.32. The molecule has 0 saturated heterocycles. The fourth-order valence-electron chi connectivity index (χ4n) is 4.29. The number of rotatable bonds is 7. The Balaban J connectivity index is 1.26. The summed E-state index contributed by atoms with van der Waals surface area (Å²) in [6.07, 6.45) is 5.51. The number of para-hydroxylation sites is 1. The lowest BCUT2D eigenvalue weighted by Gasteiger charge is -2.16. The minimum atomic E-state index is -0.100. The Bertz CT molecular complexity index is 1160. The van der Waals surface area contributed by atoms with Crippen molar-refractivity contribution in [3.8, 4) is 5.75 Å². The van der Waals surface area contributed by atoms with Crippen LogP contribution in [0.15, 0.2) is 66.2 Å². The predicted octanol–water partition coefficient (Wildman–Crippen LogP) is 5.05. The zero-order chi connectivity index (χ0) is 20.3. The second-order valence-corrected chi connectivity index (χ2v) is 8.71. The molecule has 1 atom stereocenters. The van der Waals surface area contributed by atoms with Gasteiger partial charge in [-0.05, 0) is 65.6 Å². The van der Waals surface area contributed by atoms with Crippen LogP contribution in [-0.4, -0.2) is 24.0 Å². The first-order chi connectivity index (χ1) is 14.8. The van der Waals surface area contributed by atoms with Crippen molar-refractivity contribution >= 4 is 28.1 Å². The first-order valence-electron chi connectivity index (χ1n) is 10.4. The van der Waals surface area contributed by atoms with Gasteiger partial charge in [0, 0.05) is 34.4 Å². The summed E-state index contributed by atoms with van der Waals surface area (Å²) in [5.74, 6) is 0.777. The van der Waals surface area contributed by atoms with E-state index in [2.05, 4.69) is 58.3 Å². The molecule has 2 aromatic heterocycles. The molecule has 0 radical (unpaired) electrons. The van der Waals surface area contributed by atoms with Crippen LogP contribution in [0.1, 0.15) is 33.9 Å². The number of aryl methyl sites for hydroxylation is 2. The summed E-state index contributed by atoms with van der Waals surface area (Å²) >= 11 is 1.71. The molecule has 1 aliphatic rings. The topological polar surface area (TPSA) is 54.1 Å². The molecule has 4 aromatic rings. The van der Waals surface area contributed by atoms with Gasteiger partial charge < -0.3 is 15.0 Å². The number of amides is 1. The number of H-pyrrole nitrogens is 1. The lowest BCUT2D eigenvalue weighted by atomic mass is 9.96. The van der Waals surface area contributed by atoms with E-state index in [-0.39, 0.29) is 18.4 Å². The van der Waals surface area contributed by atoms with Gasteiger partial charge in [-0.2, -0.15) is 0 Å². The van der Waals surface area contributed by atoms with Crippen LogP contribution in [0.5, 0.6) is 5.75 Å². The van der Waals surface area contributed by atoms with E-state index < -0.39 is 0 Å². The maximum atomic E-state index is 12.5. The zero-order valence-corrected chi connectivity index (χ0v) is 17.5. The highest BCUT2D eigenvalue weighted by Gasteiger charge is 2.20. The van der Waals surface area contributed by atoms with Crippen LogP contribution in [0.3, 0.4) is 0 Å². The summed E-state index contributed by atoms with van der Waals surface area (Å²) in [6, 6.07) is 18.6. The van der Waals surface area contributed by atoms with E-state index in [1.54, 1.807) is 11.3 Å². The van der Waals surface area contributed by atoms with Crippen LogP contribution in [0.2, 0.25) is 0 Å². The average Bonchev–Trinajstić information content (AvgIpc) is 3.53. The van der Waals surface area contributed by atoms with Crippen LogP contribution < -0.4 is 10.1 Å². The SMILES string of the molecule is O=C(COc1ccc2c(c1)CCC2)NC[C@@H](c1cccs1)c1c[nH]c2ccccc12. The second kappa shape index (κ2) is 8.36. The first kappa shape index (κ1) is 18.9. The second-order valence-electron chi connectivity index (χ2n) is 7.73. The number of fused-ring (bicyclic) bond motifs is 2. The van der Waals surface area contributed by atoms with Gasteiger partial charge in [0.1, 0.15) is 5.75 Å². The molecule has 0 unspecified atom stereocenters. The molecule has 5 rings (SSSR count). The monoisotopic (exact) mass is 416 g/mol. The number of hydrogen-bond donors (Lipinski definition) is 2. The zero-order valence-electron chi connectivity index (χ0n) is 16.7. The van der Waals surface area contributed by atoms with Crippen molar-refractivity contribution in [3.63, 3.8) is 0 Å². The fourth-order valence-corrected chi connectivity index (χ4v) is 5.14. The molecule has 5 heteroatoms. The number of ether oxygens (including phenoxy) is 1. The normalized spacial score (nSPS) is 13.9. The first-order valence-corrected chi connectivity index (χ1v) is 11.3. The maximum absolute atomic E-state index is 12.5. The molecule has 2 heterocycles. The average molecular weight is 417 g/mol. The van der Waals surface area contributed by atoms with Gasteiger partial charge in [0.2, 0.25) is 0 Å². The Labute approximate surface area is 179 Å². The summed E-state index contributed by atoms with van der Waals surface area (Å²) < 4.78 is 5.76. The highest BCUT2D eigenvalue weighted by atomic mass is 32.1. The molecule has 30 heavy (non-hydrogen) atoms. The summed E-state index contributed by atoms with van der Waals surface area (Å²) in [6.45, 7) is 0.568. The third kappa shape index (κ3) is 3.85. The van der Waals surface area contributed by atoms with Crippen molar-refractivity contribution in [3.05, 3.63) is 87.7 Å². The molecule has 2 N–H and O–H groups in total. The van der Waals surface area contributed by atoms with Gasteiger partial charge in [0.25, 0.3) is 5.91 Å². The molecule has 0 fully saturated rings. The molecule has 1 amide bonds. The number of hydrogen-bond acceptors (Lipinski definition) is 3. The van der Waals surface area contributed by atoms with E-state index in [4.69, 9.17) is 4.74 Å². The standard InChI is InChI=1S/C25H24N2O2S/c28-25(16-29-19-11-10-17-5-3-6-18(17)13-19)27-15-22(24-9-4-12-30-24)21-14-26-23-8-2-1-7-20(21)23/h1-2,4,7-14,22,26H,3,5-6,15-16H2,(H,27,28)/t22-/m1/s1. The molecule has 2 aromatic carbocycles. The van der Waals surface area contributed by atoms with Gasteiger partial charge in [-0.3, -0.25) is 4.79 Å². The van der Waals surface area contributed by atoms with Gasteiger partial charge >= 0.3 is 0 Å². The van der Waals surface area contributed by atoms with E-state index >= 15 is 0 Å². The van der Waals surface area contributed by atoms with Crippen molar-refractivity contribution in [2.24, 2.45) is 0 Å². The fraction of sp³-hybridized carbons (Fsp3) is 0.240. The Morgan fingerprint density at radius 2 is 2.00 bits per heavy atom. The van der Waals surface area contributed by atoms with E-state index in [9.17, 15) is 4.79 Å². The quantitative estimate of drug-likeness (QED) is 0.443. The lowest BCUT2D eigenvalue weighted by molar-refractivity contribution is -0.123. The summed E-state index contributed by atoms with van der Waals surface area (Å²) in [4.78, 5) is 17.1. The van der Waals surface area contributed by atoms with Gasteiger partial charge in [-0.25, -0.2) is 0 Å². The highest BCUT2D eigenvalue weighted by molar-refractivity contribution is 7.10. The smallest absolute Gasteiger partial charge is 0.257 e. The molecule has 0 spiro atoms. The van der Waals surface area contributed by atoms with E-state index in [0.29, 0.717) is 6.54 Å². The van der Waals surface area contributed by atoms with Gasteiger partial charge in [0.15, 0.2) is 6.61 Å². The molecule has 152 valence electrons. The summed E-state index contributed by atoms with van der Waals surface area (Å²) in [7, 11) is 0. The van der Waals surface area contributed by atoms with E-state index in [0.717, 1.165) is 24.1 Å². The van der Waals surface area contributed by atoms with Gasteiger partial charge in [0.05, 0.1) is 0 Å². The summed E-state index contributed by atoms with van der Waals surface area (Å²) in [5.41, 5.74) is 5.07. The Morgan fingerprint density at radius 3 is 2.90 bits per heavy atom. The number of carbonyl (C=O) groups excluding carboxylic acids is 1. The van der Waals surface area contributed by atoms with Crippen LogP contribution in [0.25, 0.3) is 10.9 Å². The Hall–Kier alpha value is -3.05. The number of carbonyl (C=O) groups is 1. The molecule has 0 bridgehead atoms. The van der Waals surface area contributed by atoms with Crippen LogP contribution >= 0.6 is 11.3 Å². The third-order valence-corrected chi connectivity index (χ3v) is 6.81. The minimum Gasteiger partial charge on any atom is -0.484 e. The minimum absolute atomic E-state index is 0.0316. The Kier molecular flexibility index (Phi) is 5.28. The van der Waals surface area contributed by atoms with Gasteiger partial charge in [-0.1, -0.05) is 30.3 Å². The van der Waals surface area contributed by atoms with Crippen LogP contribution in [0, 0.1) is 0 Å². The largest absolute Gasteiger partial charge is 0.484 e. The Morgan fingerprint density at radius 1 is 1.10 bits per heavy atom. The number of aromatic amines is 1. The molecule has 0 saturated carbocycles. The molecule has 1 aliphatic carbocycles. The molecule has 0 aliphatic heterocycles. The molecular formula is C25H24N2O2S. The maximum Gasteiger partial charge on any atom is 0.257 e.